The molecule has 0 atom stereocenters. The lowest BCUT2D eigenvalue weighted by atomic mass is 10.0. The summed E-state index contributed by atoms with van der Waals surface area (Å²) in [6.07, 6.45) is 3.85. The molecule has 6 heteroatoms. The van der Waals surface area contributed by atoms with Crippen LogP contribution in [-0.4, -0.2) is 19.1 Å². The first-order valence-electron chi connectivity index (χ1n) is 9.66. The summed E-state index contributed by atoms with van der Waals surface area (Å²) in [7, 11) is 0. The Morgan fingerprint density at radius 3 is 2.60 bits per heavy atom. The molecule has 30 heavy (non-hydrogen) atoms. The molecule has 0 radical (unpaired) electrons. The molecule has 0 saturated carbocycles. The number of ether oxygens (including phenoxy) is 2. The summed E-state index contributed by atoms with van der Waals surface area (Å²) < 4.78 is 11.5. The lowest BCUT2D eigenvalue weighted by Crippen LogP contribution is -2.14. The highest BCUT2D eigenvalue weighted by molar-refractivity contribution is 6.31. The molecule has 2 aromatic carbocycles. The van der Waals surface area contributed by atoms with Gasteiger partial charge in [-0.3, -0.25) is 4.79 Å². The summed E-state index contributed by atoms with van der Waals surface area (Å²) in [5, 5.41) is 12.8. The molecule has 2 rings (SSSR count). The van der Waals surface area contributed by atoms with Gasteiger partial charge in [-0.2, -0.15) is 5.26 Å². The fourth-order valence-electron chi connectivity index (χ4n) is 2.88. The van der Waals surface area contributed by atoms with Crippen molar-refractivity contribution in [3.63, 3.8) is 0 Å². The van der Waals surface area contributed by atoms with Crippen molar-refractivity contribution in [3.05, 3.63) is 70.3 Å². The number of hydrogen-bond acceptors (Lipinski definition) is 4. The van der Waals surface area contributed by atoms with E-state index in [0.717, 1.165) is 11.1 Å². The van der Waals surface area contributed by atoms with Crippen molar-refractivity contribution < 1.29 is 14.3 Å². The fraction of sp³-hybridized carbons (Fsp3) is 0.250. The molecule has 0 fully saturated rings. The van der Waals surface area contributed by atoms with E-state index in [1.807, 2.05) is 32.9 Å². The van der Waals surface area contributed by atoms with Crippen molar-refractivity contribution in [2.45, 2.75) is 27.2 Å². The smallest absolute Gasteiger partial charge is 0.266 e. The molecule has 0 aliphatic heterocycles. The van der Waals surface area contributed by atoms with Gasteiger partial charge >= 0.3 is 0 Å². The zero-order valence-corrected chi connectivity index (χ0v) is 18.2. The summed E-state index contributed by atoms with van der Waals surface area (Å²) in [5.74, 6) is 0.697. The molecular weight excluding hydrogens is 400 g/mol. The van der Waals surface area contributed by atoms with E-state index in [1.54, 1.807) is 30.3 Å². The number of nitriles is 1. The molecule has 0 spiro atoms. The Morgan fingerprint density at radius 2 is 1.97 bits per heavy atom. The van der Waals surface area contributed by atoms with Crippen molar-refractivity contribution in [3.8, 4) is 17.6 Å². The van der Waals surface area contributed by atoms with E-state index < -0.39 is 5.91 Å². The van der Waals surface area contributed by atoms with E-state index >= 15 is 0 Å². The summed E-state index contributed by atoms with van der Waals surface area (Å²) in [5.41, 5.74) is 2.90. The SMILES string of the molecule is C=CCc1cc(C=C(C#N)C(=O)Nc2cc(Cl)ccc2C)cc(OCC)c1OCC. The molecule has 1 N–H and O–H groups in total. The minimum atomic E-state index is -0.514. The normalized spacial score (nSPS) is 10.8. The Kier molecular flexibility index (Phi) is 8.52. The van der Waals surface area contributed by atoms with Gasteiger partial charge in [-0.25, -0.2) is 0 Å². The lowest BCUT2D eigenvalue weighted by Gasteiger charge is -2.16. The number of halogens is 1. The van der Waals surface area contributed by atoms with Crippen LogP contribution in [0.1, 0.15) is 30.5 Å². The van der Waals surface area contributed by atoms with Crippen molar-refractivity contribution in [2.75, 3.05) is 18.5 Å². The Labute approximate surface area is 182 Å². The molecule has 0 heterocycles. The first-order chi connectivity index (χ1) is 14.4. The fourth-order valence-corrected chi connectivity index (χ4v) is 3.05. The van der Waals surface area contributed by atoms with Crippen molar-refractivity contribution in [2.24, 2.45) is 0 Å². The average Bonchev–Trinajstić information content (AvgIpc) is 2.71. The predicted octanol–water partition coefficient (Wildman–Crippen LogP) is 5.72. The second-order valence-electron chi connectivity index (χ2n) is 6.45. The van der Waals surface area contributed by atoms with Crippen LogP contribution in [0.2, 0.25) is 5.02 Å². The monoisotopic (exact) mass is 424 g/mol. The van der Waals surface area contributed by atoms with Gasteiger partial charge in [-0.05, 0) is 68.7 Å². The van der Waals surface area contributed by atoms with Gasteiger partial charge < -0.3 is 14.8 Å². The molecule has 0 bridgehead atoms. The molecule has 156 valence electrons. The number of nitrogens with one attached hydrogen (secondary N) is 1. The van der Waals surface area contributed by atoms with Gasteiger partial charge in [0, 0.05) is 16.3 Å². The quantitative estimate of drug-likeness (QED) is 0.317. The topological polar surface area (TPSA) is 71.4 Å². The number of nitrogens with zero attached hydrogens (tertiary/aromatic N) is 1. The van der Waals surface area contributed by atoms with E-state index in [2.05, 4.69) is 11.9 Å². The summed E-state index contributed by atoms with van der Waals surface area (Å²) in [6.45, 7) is 10.4. The number of rotatable bonds is 9. The first kappa shape index (κ1) is 23.1. The maximum Gasteiger partial charge on any atom is 0.266 e. The number of aryl methyl sites for hydroxylation is 1. The Bertz CT molecular complexity index is 1010. The summed E-state index contributed by atoms with van der Waals surface area (Å²) >= 11 is 6.01. The largest absolute Gasteiger partial charge is 0.490 e. The minimum Gasteiger partial charge on any atom is -0.490 e. The van der Waals surface area contributed by atoms with Gasteiger partial charge in [-0.15, -0.1) is 6.58 Å². The molecular formula is C24H25ClN2O3. The van der Waals surface area contributed by atoms with Crippen molar-refractivity contribution in [1.82, 2.24) is 0 Å². The summed E-state index contributed by atoms with van der Waals surface area (Å²) in [4.78, 5) is 12.7. The van der Waals surface area contributed by atoms with E-state index in [0.29, 0.717) is 47.4 Å². The number of amides is 1. The number of hydrogen-bond donors (Lipinski definition) is 1. The van der Waals surface area contributed by atoms with Crippen LogP contribution in [0.25, 0.3) is 6.08 Å². The Morgan fingerprint density at radius 1 is 1.23 bits per heavy atom. The van der Waals surface area contributed by atoms with E-state index in [9.17, 15) is 10.1 Å². The molecule has 0 aliphatic rings. The van der Waals surface area contributed by atoms with Crippen LogP contribution in [0, 0.1) is 18.3 Å². The van der Waals surface area contributed by atoms with Gasteiger partial charge in [0.2, 0.25) is 0 Å². The number of carbonyl (C=O) groups excluding carboxylic acids is 1. The van der Waals surface area contributed by atoms with Gasteiger partial charge in [0.05, 0.1) is 13.2 Å². The lowest BCUT2D eigenvalue weighted by molar-refractivity contribution is -0.112. The number of carbonyl (C=O) groups is 1. The van der Waals surface area contributed by atoms with Crippen LogP contribution < -0.4 is 14.8 Å². The van der Waals surface area contributed by atoms with Crippen LogP contribution in [0.15, 0.2) is 48.6 Å². The minimum absolute atomic E-state index is 0.0365. The van der Waals surface area contributed by atoms with Crippen molar-refractivity contribution in [1.29, 1.82) is 5.26 Å². The third-order valence-electron chi connectivity index (χ3n) is 4.23. The van der Waals surface area contributed by atoms with Gasteiger partial charge in [0.1, 0.15) is 11.6 Å². The number of allylic oxidation sites excluding steroid dienone is 1. The second-order valence-corrected chi connectivity index (χ2v) is 6.89. The van der Waals surface area contributed by atoms with Crippen LogP contribution in [0.4, 0.5) is 5.69 Å². The molecule has 1 amide bonds. The molecule has 0 saturated heterocycles. The second kappa shape index (κ2) is 11.1. The van der Waals surface area contributed by atoms with Crippen LogP contribution in [0.5, 0.6) is 11.5 Å². The number of anilines is 1. The highest BCUT2D eigenvalue weighted by Gasteiger charge is 2.15. The Hall–Kier alpha value is -3.23. The van der Waals surface area contributed by atoms with Gasteiger partial charge in [-0.1, -0.05) is 23.7 Å². The first-order valence-corrected chi connectivity index (χ1v) is 10.0. The van der Waals surface area contributed by atoms with E-state index in [-0.39, 0.29) is 5.57 Å². The van der Waals surface area contributed by atoms with E-state index in [1.165, 1.54) is 6.08 Å². The third-order valence-corrected chi connectivity index (χ3v) is 4.47. The highest BCUT2D eigenvalue weighted by atomic mass is 35.5. The highest BCUT2D eigenvalue weighted by Crippen LogP contribution is 2.34. The standard InChI is InChI=1S/C24H25ClN2O3/c1-5-8-18-11-17(13-22(29-6-2)23(18)30-7-3)12-19(15-26)24(28)27-21-14-20(25)10-9-16(21)4/h5,9-14H,1,6-8H2,2-4H3,(H,27,28). The number of benzene rings is 2. The van der Waals surface area contributed by atoms with Crippen molar-refractivity contribution >= 4 is 29.3 Å². The van der Waals surface area contributed by atoms with Crippen LogP contribution in [-0.2, 0) is 11.2 Å². The maximum absolute atomic E-state index is 12.7. The summed E-state index contributed by atoms with van der Waals surface area (Å²) in [6, 6.07) is 10.8. The van der Waals surface area contributed by atoms with Crippen LogP contribution >= 0.6 is 11.6 Å². The zero-order valence-electron chi connectivity index (χ0n) is 17.4. The maximum atomic E-state index is 12.7. The Balaban J connectivity index is 2.44. The third kappa shape index (κ3) is 5.88. The molecule has 5 nitrogen and oxygen atoms in total. The molecule has 2 aromatic rings. The zero-order chi connectivity index (χ0) is 22.1. The predicted molar refractivity (Wildman–Crippen MR) is 121 cm³/mol. The van der Waals surface area contributed by atoms with Gasteiger partial charge in [0.15, 0.2) is 11.5 Å². The molecule has 0 aliphatic carbocycles. The average molecular weight is 425 g/mol. The molecule has 0 unspecified atom stereocenters. The van der Waals surface area contributed by atoms with Gasteiger partial charge in [0.25, 0.3) is 5.91 Å². The molecule has 0 aromatic heterocycles. The van der Waals surface area contributed by atoms with Crippen LogP contribution in [0.3, 0.4) is 0 Å². The van der Waals surface area contributed by atoms with E-state index in [4.69, 9.17) is 21.1 Å².